The van der Waals surface area contributed by atoms with Gasteiger partial charge in [-0.05, 0) is 18.0 Å². The minimum atomic E-state index is 0.0375. The van der Waals surface area contributed by atoms with Gasteiger partial charge in [0.2, 0.25) is 0 Å². The summed E-state index contributed by atoms with van der Waals surface area (Å²) in [5, 5.41) is 5.91. The van der Waals surface area contributed by atoms with Crippen molar-refractivity contribution in [2.24, 2.45) is 12.9 Å². The molecule has 0 amide bonds. The molecule has 0 saturated carbocycles. The highest BCUT2D eigenvalue weighted by atomic mass is 32.1. The normalized spacial score (nSPS) is 12.9. The molecule has 6 nitrogen and oxygen atoms in total. The first-order valence-electron chi connectivity index (χ1n) is 5.00. The summed E-state index contributed by atoms with van der Waals surface area (Å²) >= 11 is 1.33. The van der Waals surface area contributed by atoms with Crippen LogP contribution in [0.2, 0.25) is 0 Å². The van der Waals surface area contributed by atoms with Crippen molar-refractivity contribution in [2.75, 3.05) is 0 Å². The van der Waals surface area contributed by atoms with Gasteiger partial charge in [0.25, 0.3) is 0 Å². The minimum Gasteiger partial charge on any atom is -0.338 e. The molecular formula is C9H14N6S. The molecule has 86 valence electrons. The number of nitrogens with zero attached hydrogens (tertiary/aromatic N) is 4. The monoisotopic (exact) mass is 238 g/mol. The van der Waals surface area contributed by atoms with E-state index < -0.39 is 0 Å². The van der Waals surface area contributed by atoms with Crippen molar-refractivity contribution in [1.29, 1.82) is 0 Å². The molecule has 7 heteroatoms. The van der Waals surface area contributed by atoms with E-state index in [1.165, 1.54) is 11.5 Å². The van der Waals surface area contributed by atoms with Gasteiger partial charge in [0.15, 0.2) is 0 Å². The van der Waals surface area contributed by atoms with Crippen molar-refractivity contribution in [3.05, 3.63) is 29.3 Å². The highest BCUT2D eigenvalue weighted by Crippen LogP contribution is 2.16. The van der Waals surface area contributed by atoms with Crippen LogP contribution in [-0.4, -0.2) is 19.1 Å². The number of imidazole rings is 1. The molecule has 0 aliphatic carbocycles. The van der Waals surface area contributed by atoms with Crippen LogP contribution < -0.4 is 11.3 Å². The fourth-order valence-corrected chi connectivity index (χ4v) is 2.06. The van der Waals surface area contributed by atoms with E-state index >= 15 is 0 Å². The van der Waals surface area contributed by atoms with Crippen molar-refractivity contribution in [1.82, 2.24) is 24.6 Å². The highest BCUT2D eigenvalue weighted by molar-refractivity contribution is 7.03. The van der Waals surface area contributed by atoms with Crippen LogP contribution in [0.4, 0.5) is 0 Å². The smallest absolute Gasteiger partial charge is 0.108 e. The average molecular weight is 238 g/mol. The van der Waals surface area contributed by atoms with Crippen molar-refractivity contribution < 1.29 is 0 Å². The maximum Gasteiger partial charge on any atom is 0.108 e. The molecule has 1 atom stereocenters. The zero-order valence-electron chi connectivity index (χ0n) is 9.00. The summed E-state index contributed by atoms with van der Waals surface area (Å²) in [6.07, 6.45) is 5.44. The Bertz CT molecular complexity index is 423. The first-order chi connectivity index (χ1) is 7.81. The summed E-state index contributed by atoms with van der Waals surface area (Å²) in [7, 11) is 1.98. The lowest BCUT2D eigenvalue weighted by Crippen LogP contribution is -2.28. The van der Waals surface area contributed by atoms with Gasteiger partial charge >= 0.3 is 0 Å². The topological polar surface area (TPSA) is 81.7 Å². The largest absolute Gasteiger partial charge is 0.338 e. The van der Waals surface area contributed by atoms with Gasteiger partial charge in [0.1, 0.15) is 5.82 Å². The number of hydrazine groups is 1. The molecule has 0 saturated heterocycles. The van der Waals surface area contributed by atoms with Gasteiger partial charge in [-0.1, -0.05) is 4.49 Å². The zero-order valence-corrected chi connectivity index (χ0v) is 9.81. The lowest BCUT2D eigenvalue weighted by Gasteiger charge is -2.12. The van der Waals surface area contributed by atoms with Crippen LogP contribution in [0.1, 0.15) is 24.0 Å². The third-order valence-corrected chi connectivity index (χ3v) is 3.04. The van der Waals surface area contributed by atoms with Crippen LogP contribution in [-0.2, 0) is 13.5 Å². The van der Waals surface area contributed by atoms with E-state index in [0.717, 1.165) is 24.4 Å². The number of aryl methyl sites for hydroxylation is 2. The molecule has 2 heterocycles. The molecule has 0 spiro atoms. The summed E-state index contributed by atoms with van der Waals surface area (Å²) < 4.78 is 5.84. The SMILES string of the molecule is Cn1ccnc1CCC(NN)c1csnn1. The number of hydrogen-bond donors (Lipinski definition) is 2. The van der Waals surface area contributed by atoms with E-state index in [9.17, 15) is 0 Å². The second-order valence-electron chi connectivity index (χ2n) is 3.54. The zero-order chi connectivity index (χ0) is 11.4. The Balaban J connectivity index is 1.96. The fraction of sp³-hybridized carbons (Fsp3) is 0.444. The number of nitrogens with one attached hydrogen (secondary N) is 1. The predicted molar refractivity (Wildman–Crippen MR) is 61.5 cm³/mol. The lowest BCUT2D eigenvalue weighted by atomic mass is 10.1. The summed E-state index contributed by atoms with van der Waals surface area (Å²) in [6, 6.07) is 0.0375. The van der Waals surface area contributed by atoms with Gasteiger partial charge in [-0.25, -0.2) is 4.98 Å². The minimum absolute atomic E-state index is 0.0375. The third kappa shape index (κ3) is 2.43. The highest BCUT2D eigenvalue weighted by Gasteiger charge is 2.13. The molecule has 0 aromatic carbocycles. The molecule has 1 unspecified atom stereocenters. The Labute approximate surface area is 97.6 Å². The number of nitrogens with two attached hydrogens (primary N) is 1. The van der Waals surface area contributed by atoms with E-state index in [1.807, 2.05) is 23.2 Å². The van der Waals surface area contributed by atoms with Gasteiger partial charge in [-0.15, -0.1) is 5.10 Å². The van der Waals surface area contributed by atoms with Gasteiger partial charge < -0.3 is 4.57 Å². The van der Waals surface area contributed by atoms with E-state index in [-0.39, 0.29) is 6.04 Å². The molecule has 3 N–H and O–H groups in total. The van der Waals surface area contributed by atoms with Crippen molar-refractivity contribution >= 4 is 11.5 Å². The molecule has 2 aromatic rings. The first kappa shape index (κ1) is 11.2. The average Bonchev–Trinajstić information content (AvgIpc) is 2.92. The van der Waals surface area contributed by atoms with E-state index in [1.54, 1.807) is 6.20 Å². The Morgan fingerprint density at radius 2 is 2.50 bits per heavy atom. The van der Waals surface area contributed by atoms with Crippen molar-refractivity contribution in [2.45, 2.75) is 18.9 Å². The van der Waals surface area contributed by atoms with Gasteiger partial charge in [-0.3, -0.25) is 11.3 Å². The van der Waals surface area contributed by atoms with Gasteiger partial charge in [-0.2, -0.15) is 0 Å². The molecule has 0 aliphatic rings. The standard InChI is InChI=1S/C9H14N6S/c1-15-5-4-11-9(15)3-2-7(12-10)8-6-16-14-13-8/h4-7,12H,2-3,10H2,1H3. The van der Waals surface area contributed by atoms with Gasteiger partial charge in [0, 0.05) is 31.2 Å². The molecule has 0 bridgehead atoms. The van der Waals surface area contributed by atoms with E-state index in [0.29, 0.717) is 0 Å². The maximum atomic E-state index is 5.50. The third-order valence-electron chi connectivity index (χ3n) is 2.51. The number of aromatic nitrogens is 4. The molecule has 0 fully saturated rings. The van der Waals surface area contributed by atoms with Crippen LogP contribution in [0.15, 0.2) is 17.8 Å². The molecule has 2 rings (SSSR count). The Morgan fingerprint density at radius 3 is 3.06 bits per heavy atom. The number of rotatable bonds is 5. The second kappa shape index (κ2) is 5.15. The summed E-state index contributed by atoms with van der Waals surface area (Å²) in [4.78, 5) is 4.26. The van der Waals surface area contributed by atoms with Gasteiger partial charge in [0.05, 0.1) is 11.7 Å². The van der Waals surface area contributed by atoms with Crippen LogP contribution in [0.5, 0.6) is 0 Å². The lowest BCUT2D eigenvalue weighted by molar-refractivity contribution is 0.494. The summed E-state index contributed by atoms with van der Waals surface area (Å²) in [6.45, 7) is 0. The fourth-order valence-electron chi connectivity index (χ4n) is 1.55. The van der Waals surface area contributed by atoms with Crippen LogP contribution in [0.25, 0.3) is 0 Å². The molecule has 2 aromatic heterocycles. The van der Waals surface area contributed by atoms with Crippen LogP contribution in [0.3, 0.4) is 0 Å². The van der Waals surface area contributed by atoms with Crippen molar-refractivity contribution in [3.63, 3.8) is 0 Å². The second-order valence-corrected chi connectivity index (χ2v) is 4.15. The Morgan fingerprint density at radius 1 is 1.62 bits per heavy atom. The van der Waals surface area contributed by atoms with Crippen LogP contribution in [0, 0.1) is 0 Å². The Kier molecular flexibility index (Phi) is 3.60. The Hall–Kier alpha value is -1.31. The predicted octanol–water partition coefficient (Wildman–Crippen LogP) is 0.409. The molecular weight excluding hydrogens is 224 g/mol. The molecule has 0 aliphatic heterocycles. The quantitative estimate of drug-likeness (QED) is 0.582. The van der Waals surface area contributed by atoms with Crippen LogP contribution >= 0.6 is 11.5 Å². The molecule has 0 radical (unpaired) electrons. The van der Waals surface area contributed by atoms with E-state index in [4.69, 9.17) is 5.84 Å². The first-order valence-corrected chi connectivity index (χ1v) is 5.84. The summed E-state index contributed by atoms with van der Waals surface area (Å²) in [5.41, 5.74) is 3.64. The van der Waals surface area contributed by atoms with E-state index in [2.05, 4.69) is 20.0 Å². The number of hydrogen-bond acceptors (Lipinski definition) is 6. The maximum absolute atomic E-state index is 5.50. The molecule has 16 heavy (non-hydrogen) atoms. The summed E-state index contributed by atoms with van der Waals surface area (Å²) in [5.74, 6) is 6.55. The van der Waals surface area contributed by atoms with Crippen molar-refractivity contribution in [3.8, 4) is 0 Å².